The van der Waals surface area contributed by atoms with Crippen LogP contribution in [0.1, 0.15) is 30.1 Å². The van der Waals surface area contributed by atoms with Gasteiger partial charge in [-0.05, 0) is 37.8 Å². The second kappa shape index (κ2) is 5.44. The minimum absolute atomic E-state index is 0.0213. The van der Waals surface area contributed by atoms with Crippen LogP contribution >= 0.6 is 0 Å². The number of likely N-dealkylation sites (tertiary alicyclic amines) is 1. The first-order chi connectivity index (χ1) is 8.59. The summed E-state index contributed by atoms with van der Waals surface area (Å²) in [5.74, 6) is -0.808. The van der Waals surface area contributed by atoms with Gasteiger partial charge in [-0.15, -0.1) is 0 Å². The topological polar surface area (TPSA) is 53.4 Å². The Kier molecular flexibility index (Phi) is 3.91. The molecule has 0 bridgehead atoms. The highest BCUT2D eigenvalue weighted by Crippen LogP contribution is 2.22. The van der Waals surface area contributed by atoms with E-state index < -0.39 is 5.95 Å². The largest absolute Gasteiger partial charge is 0.393 e. The number of hydrogen-bond acceptors (Lipinski definition) is 3. The molecule has 0 aliphatic carbocycles. The molecule has 1 amide bonds. The van der Waals surface area contributed by atoms with E-state index in [0.29, 0.717) is 13.1 Å². The molecular formula is C13H17FN2O2. The maximum absolute atomic E-state index is 13.4. The molecule has 0 aromatic carbocycles. The van der Waals surface area contributed by atoms with Crippen molar-refractivity contribution < 1.29 is 14.3 Å². The molecular weight excluding hydrogens is 235 g/mol. The number of pyridine rings is 1. The number of carbonyl (C=O) groups excluding carboxylic acids is 1. The van der Waals surface area contributed by atoms with E-state index in [1.54, 1.807) is 17.9 Å². The number of nitrogens with zero attached hydrogens (tertiary/aromatic N) is 2. The Morgan fingerprint density at radius 2 is 2.22 bits per heavy atom. The molecule has 1 aliphatic heterocycles. The second-order valence-electron chi connectivity index (χ2n) is 4.71. The predicted octanol–water partition coefficient (Wildman–Crippen LogP) is 1.45. The first-order valence-electron chi connectivity index (χ1n) is 6.17. The number of piperidine rings is 1. The summed E-state index contributed by atoms with van der Waals surface area (Å²) in [6.07, 6.45) is 2.49. The quantitative estimate of drug-likeness (QED) is 0.811. The highest BCUT2D eigenvalue weighted by atomic mass is 19.1. The van der Waals surface area contributed by atoms with Crippen molar-refractivity contribution in [1.82, 2.24) is 9.88 Å². The maximum Gasteiger partial charge on any atom is 0.258 e. The maximum atomic E-state index is 13.4. The van der Waals surface area contributed by atoms with Gasteiger partial charge in [-0.3, -0.25) is 4.79 Å². The fraction of sp³-hybridized carbons (Fsp3) is 0.538. The smallest absolute Gasteiger partial charge is 0.258 e. The summed E-state index contributed by atoms with van der Waals surface area (Å²) in [5, 5.41) is 9.49. The van der Waals surface area contributed by atoms with Crippen LogP contribution in [0.25, 0.3) is 0 Å². The van der Waals surface area contributed by atoms with Gasteiger partial charge in [-0.2, -0.15) is 4.39 Å². The van der Waals surface area contributed by atoms with Crippen molar-refractivity contribution in [1.29, 1.82) is 0 Å². The highest BCUT2D eigenvalue weighted by molar-refractivity contribution is 5.94. The molecule has 5 heteroatoms. The van der Waals surface area contributed by atoms with Gasteiger partial charge < -0.3 is 10.0 Å². The Morgan fingerprint density at radius 1 is 1.56 bits per heavy atom. The van der Waals surface area contributed by atoms with Crippen LogP contribution in [0.4, 0.5) is 4.39 Å². The number of halogens is 1. The van der Waals surface area contributed by atoms with Gasteiger partial charge in [0.25, 0.3) is 5.91 Å². The van der Waals surface area contributed by atoms with Crippen molar-refractivity contribution in [3.8, 4) is 0 Å². The molecule has 1 unspecified atom stereocenters. The fourth-order valence-corrected chi connectivity index (χ4v) is 2.30. The van der Waals surface area contributed by atoms with E-state index in [1.165, 1.54) is 12.3 Å². The Morgan fingerprint density at radius 3 is 2.78 bits per heavy atom. The minimum Gasteiger partial charge on any atom is -0.393 e. The number of carbonyl (C=O) groups is 1. The van der Waals surface area contributed by atoms with Gasteiger partial charge >= 0.3 is 0 Å². The monoisotopic (exact) mass is 252 g/mol. The normalized spacial score (nSPS) is 18.7. The van der Waals surface area contributed by atoms with Gasteiger partial charge in [-0.25, -0.2) is 4.98 Å². The summed E-state index contributed by atoms with van der Waals surface area (Å²) in [6, 6.07) is 3.00. The minimum atomic E-state index is -0.722. The predicted molar refractivity (Wildman–Crippen MR) is 64.5 cm³/mol. The molecule has 0 spiro atoms. The average Bonchev–Trinajstić information content (AvgIpc) is 2.38. The Balaban J connectivity index is 2.02. The molecule has 0 radical (unpaired) electrons. The molecule has 98 valence electrons. The molecule has 2 heterocycles. The zero-order valence-corrected chi connectivity index (χ0v) is 10.3. The summed E-state index contributed by atoms with van der Waals surface area (Å²) >= 11 is 0. The molecule has 4 nitrogen and oxygen atoms in total. The number of aromatic nitrogens is 1. The third-order valence-electron chi connectivity index (χ3n) is 3.50. The number of aliphatic hydroxyl groups is 1. The highest BCUT2D eigenvalue weighted by Gasteiger charge is 2.27. The third-order valence-corrected chi connectivity index (χ3v) is 3.50. The van der Waals surface area contributed by atoms with Crippen molar-refractivity contribution in [2.75, 3.05) is 13.1 Å². The average molecular weight is 252 g/mol. The van der Waals surface area contributed by atoms with Crippen LogP contribution in [0, 0.1) is 11.9 Å². The van der Waals surface area contributed by atoms with Crippen LogP contribution in [0.2, 0.25) is 0 Å². The zero-order valence-electron chi connectivity index (χ0n) is 10.3. The molecule has 1 fully saturated rings. The van der Waals surface area contributed by atoms with Crippen LogP contribution in [0.3, 0.4) is 0 Å². The summed E-state index contributed by atoms with van der Waals surface area (Å²) in [7, 11) is 0. The Bertz CT molecular complexity index is 429. The molecule has 1 N–H and O–H groups in total. The summed E-state index contributed by atoms with van der Waals surface area (Å²) in [4.78, 5) is 17.2. The van der Waals surface area contributed by atoms with E-state index in [-0.39, 0.29) is 23.5 Å². The van der Waals surface area contributed by atoms with Crippen molar-refractivity contribution in [3.63, 3.8) is 0 Å². The molecule has 1 aliphatic rings. The van der Waals surface area contributed by atoms with Crippen LogP contribution in [-0.4, -0.2) is 40.1 Å². The van der Waals surface area contributed by atoms with Crippen LogP contribution < -0.4 is 0 Å². The van der Waals surface area contributed by atoms with Crippen molar-refractivity contribution in [2.45, 2.75) is 25.9 Å². The summed E-state index contributed by atoms with van der Waals surface area (Å²) in [5.41, 5.74) is 0.0213. The van der Waals surface area contributed by atoms with Gasteiger partial charge in [0, 0.05) is 19.3 Å². The van der Waals surface area contributed by atoms with Crippen LogP contribution in [-0.2, 0) is 0 Å². The summed E-state index contributed by atoms with van der Waals surface area (Å²) in [6.45, 7) is 2.88. The molecule has 1 aromatic heterocycles. The Labute approximate surface area is 105 Å². The van der Waals surface area contributed by atoms with Gasteiger partial charge in [0.15, 0.2) is 0 Å². The number of hydrogen-bond donors (Lipinski definition) is 1. The fourth-order valence-electron chi connectivity index (χ4n) is 2.30. The first kappa shape index (κ1) is 13.0. The van der Waals surface area contributed by atoms with Crippen molar-refractivity contribution in [3.05, 3.63) is 29.8 Å². The second-order valence-corrected chi connectivity index (χ2v) is 4.71. The number of rotatable bonds is 2. The van der Waals surface area contributed by atoms with Gasteiger partial charge in [0.1, 0.15) is 0 Å². The standard InChI is InChI=1S/C13H17FN2O2/c1-9(17)10-4-7-16(8-5-10)13(18)11-3-2-6-15-12(11)14/h2-3,6,9-10,17H,4-5,7-8H2,1H3. The lowest BCUT2D eigenvalue weighted by Gasteiger charge is -2.33. The molecule has 1 aromatic rings. The molecule has 1 saturated heterocycles. The molecule has 1 atom stereocenters. The SMILES string of the molecule is CC(O)C1CCN(C(=O)c2cccnc2F)CC1. The van der Waals surface area contributed by atoms with Gasteiger partial charge in [0.05, 0.1) is 11.7 Å². The van der Waals surface area contributed by atoms with Crippen LogP contribution in [0.15, 0.2) is 18.3 Å². The first-order valence-corrected chi connectivity index (χ1v) is 6.17. The van der Waals surface area contributed by atoms with Gasteiger partial charge in [0.2, 0.25) is 5.95 Å². The van der Waals surface area contributed by atoms with E-state index in [2.05, 4.69) is 4.98 Å². The molecule has 0 saturated carbocycles. The number of aliphatic hydroxyl groups excluding tert-OH is 1. The number of amides is 1. The Hall–Kier alpha value is -1.49. The lowest BCUT2D eigenvalue weighted by molar-refractivity contribution is 0.0517. The molecule has 2 rings (SSSR count). The van der Waals surface area contributed by atoms with Gasteiger partial charge in [-0.1, -0.05) is 0 Å². The van der Waals surface area contributed by atoms with E-state index in [9.17, 15) is 14.3 Å². The van der Waals surface area contributed by atoms with Crippen molar-refractivity contribution >= 4 is 5.91 Å². The van der Waals surface area contributed by atoms with Crippen LogP contribution in [0.5, 0.6) is 0 Å². The lowest BCUT2D eigenvalue weighted by Crippen LogP contribution is -2.41. The van der Waals surface area contributed by atoms with E-state index in [0.717, 1.165) is 12.8 Å². The zero-order chi connectivity index (χ0) is 13.1. The summed E-state index contributed by atoms with van der Waals surface area (Å²) < 4.78 is 13.4. The lowest BCUT2D eigenvalue weighted by atomic mass is 9.92. The van der Waals surface area contributed by atoms with E-state index in [4.69, 9.17) is 0 Å². The van der Waals surface area contributed by atoms with E-state index >= 15 is 0 Å². The van der Waals surface area contributed by atoms with Crippen molar-refractivity contribution in [2.24, 2.45) is 5.92 Å². The molecule has 18 heavy (non-hydrogen) atoms. The van der Waals surface area contributed by atoms with E-state index in [1.807, 2.05) is 0 Å². The third kappa shape index (κ3) is 2.67.